The molecule has 0 heterocycles. The van der Waals surface area contributed by atoms with Crippen LogP contribution in [0.2, 0.25) is 0 Å². The van der Waals surface area contributed by atoms with Gasteiger partial charge in [-0.15, -0.1) is 0 Å². The van der Waals surface area contributed by atoms with Gasteiger partial charge in [0.2, 0.25) is 0 Å². The highest BCUT2D eigenvalue weighted by molar-refractivity contribution is 5.74. The molecule has 3 heteroatoms. The smallest absolute Gasteiger partial charge is 0.321 e. The van der Waals surface area contributed by atoms with Crippen molar-refractivity contribution in [3.63, 3.8) is 0 Å². The molecule has 0 aliphatic rings. The van der Waals surface area contributed by atoms with Gasteiger partial charge in [0.15, 0.2) is 0 Å². The maximum atomic E-state index is 11.4. The minimum atomic E-state index is -0.772. The summed E-state index contributed by atoms with van der Waals surface area (Å²) in [6, 6.07) is 9.25. The summed E-state index contributed by atoms with van der Waals surface area (Å²) in [5, 5.41) is 9.33. The molecule has 17 heavy (non-hydrogen) atoms. The number of likely N-dealkylation sites (N-methyl/N-ethyl adjacent to an activating group) is 1. The summed E-state index contributed by atoms with van der Waals surface area (Å²) >= 11 is 0. The second kappa shape index (κ2) is 5.32. The lowest BCUT2D eigenvalue weighted by Crippen LogP contribution is -2.50. The van der Waals surface area contributed by atoms with Gasteiger partial charge in [0.1, 0.15) is 6.04 Å². The minimum Gasteiger partial charge on any atom is -0.480 e. The summed E-state index contributed by atoms with van der Waals surface area (Å²) in [4.78, 5) is 13.3. The second-order valence-electron chi connectivity index (χ2n) is 5.33. The molecule has 0 fully saturated rings. The Morgan fingerprint density at radius 1 is 1.29 bits per heavy atom. The van der Waals surface area contributed by atoms with Crippen LogP contribution in [0.4, 0.5) is 0 Å². The molecule has 0 aromatic heterocycles. The molecule has 94 valence electrons. The molecular formula is C14H21NO2. The number of carboxylic acids is 1. The molecule has 1 N–H and O–H groups in total. The molecule has 0 amide bonds. The van der Waals surface area contributed by atoms with E-state index in [4.69, 9.17) is 0 Å². The van der Waals surface area contributed by atoms with Crippen LogP contribution >= 0.6 is 0 Å². The lowest BCUT2D eigenvalue weighted by Gasteiger charge is -2.36. The van der Waals surface area contributed by atoms with Crippen molar-refractivity contribution in [1.82, 2.24) is 4.90 Å². The van der Waals surface area contributed by atoms with E-state index < -0.39 is 12.0 Å². The maximum Gasteiger partial charge on any atom is 0.321 e. The summed E-state index contributed by atoms with van der Waals surface area (Å²) in [6.45, 7) is 6.07. The number of hydrogen-bond donors (Lipinski definition) is 1. The van der Waals surface area contributed by atoms with Crippen molar-refractivity contribution in [3.8, 4) is 0 Å². The van der Waals surface area contributed by atoms with Crippen LogP contribution < -0.4 is 0 Å². The Kier molecular flexibility index (Phi) is 4.29. The monoisotopic (exact) mass is 235 g/mol. The van der Waals surface area contributed by atoms with Crippen LogP contribution in [0.25, 0.3) is 0 Å². The van der Waals surface area contributed by atoms with Gasteiger partial charge in [-0.2, -0.15) is 0 Å². The topological polar surface area (TPSA) is 40.5 Å². The van der Waals surface area contributed by atoms with Crippen molar-refractivity contribution in [1.29, 1.82) is 0 Å². The average Bonchev–Trinajstić information content (AvgIpc) is 2.24. The van der Waals surface area contributed by atoms with Gasteiger partial charge in [0.25, 0.3) is 0 Å². The third kappa shape index (κ3) is 3.86. The van der Waals surface area contributed by atoms with E-state index in [0.717, 1.165) is 5.56 Å². The van der Waals surface area contributed by atoms with E-state index in [0.29, 0.717) is 6.42 Å². The first-order chi connectivity index (χ1) is 7.82. The third-order valence-corrected chi connectivity index (χ3v) is 3.08. The summed E-state index contributed by atoms with van der Waals surface area (Å²) in [5.74, 6) is -0.772. The standard InChI is InChI=1S/C14H21NO2/c1-14(2,3)15(4)12(13(16)17)10-11-8-6-5-7-9-11/h5-9,12H,10H2,1-4H3,(H,16,17)/t12-/m0/s1. The summed E-state index contributed by atoms with van der Waals surface area (Å²) in [6.07, 6.45) is 0.532. The molecule has 0 unspecified atom stereocenters. The van der Waals surface area contributed by atoms with Gasteiger partial charge >= 0.3 is 5.97 Å². The van der Waals surface area contributed by atoms with Crippen molar-refractivity contribution in [2.24, 2.45) is 0 Å². The molecule has 0 aliphatic heterocycles. The molecule has 1 rings (SSSR count). The highest BCUT2D eigenvalue weighted by atomic mass is 16.4. The fraction of sp³-hybridized carbons (Fsp3) is 0.500. The molecule has 0 radical (unpaired) electrons. The van der Waals surface area contributed by atoms with Crippen LogP contribution in [0.1, 0.15) is 26.3 Å². The summed E-state index contributed by atoms with van der Waals surface area (Å²) < 4.78 is 0. The van der Waals surface area contributed by atoms with Gasteiger partial charge in [0.05, 0.1) is 0 Å². The van der Waals surface area contributed by atoms with Crippen LogP contribution in [-0.2, 0) is 11.2 Å². The van der Waals surface area contributed by atoms with Crippen molar-refractivity contribution < 1.29 is 9.90 Å². The fourth-order valence-electron chi connectivity index (χ4n) is 1.69. The zero-order valence-electron chi connectivity index (χ0n) is 11.0. The Balaban J connectivity index is 2.85. The van der Waals surface area contributed by atoms with Crippen LogP contribution in [-0.4, -0.2) is 34.6 Å². The Morgan fingerprint density at radius 2 is 1.82 bits per heavy atom. The largest absolute Gasteiger partial charge is 0.480 e. The minimum absolute atomic E-state index is 0.155. The van der Waals surface area contributed by atoms with E-state index in [1.807, 2.05) is 63.1 Å². The molecule has 0 bridgehead atoms. The molecule has 0 aliphatic carbocycles. The molecule has 1 aromatic rings. The van der Waals surface area contributed by atoms with Crippen molar-refractivity contribution in [3.05, 3.63) is 35.9 Å². The first-order valence-corrected chi connectivity index (χ1v) is 5.82. The predicted molar refractivity (Wildman–Crippen MR) is 69.1 cm³/mol. The SMILES string of the molecule is CN([C@@H](Cc1ccccc1)C(=O)O)C(C)(C)C. The number of rotatable bonds is 4. The molecule has 1 atom stereocenters. The van der Waals surface area contributed by atoms with Crippen molar-refractivity contribution in [2.75, 3.05) is 7.05 Å². The molecule has 3 nitrogen and oxygen atoms in total. The van der Waals surface area contributed by atoms with Gasteiger partial charge < -0.3 is 5.11 Å². The zero-order chi connectivity index (χ0) is 13.1. The zero-order valence-corrected chi connectivity index (χ0v) is 11.0. The van der Waals surface area contributed by atoms with E-state index in [1.54, 1.807) is 0 Å². The number of benzene rings is 1. The first-order valence-electron chi connectivity index (χ1n) is 5.82. The predicted octanol–water partition coefficient (Wildman–Crippen LogP) is 2.41. The van der Waals surface area contributed by atoms with Crippen LogP contribution in [0, 0.1) is 0 Å². The van der Waals surface area contributed by atoms with Gasteiger partial charge in [-0.05, 0) is 39.8 Å². The second-order valence-corrected chi connectivity index (χ2v) is 5.33. The molecule has 0 saturated carbocycles. The Bertz CT molecular complexity index is 368. The number of carbonyl (C=O) groups is 1. The van der Waals surface area contributed by atoms with E-state index in [-0.39, 0.29) is 5.54 Å². The molecule has 1 aromatic carbocycles. The van der Waals surface area contributed by atoms with Gasteiger partial charge in [0, 0.05) is 5.54 Å². The summed E-state index contributed by atoms with van der Waals surface area (Å²) in [7, 11) is 1.86. The molecule has 0 saturated heterocycles. The number of nitrogens with zero attached hydrogens (tertiary/aromatic N) is 1. The van der Waals surface area contributed by atoms with Crippen LogP contribution in [0.15, 0.2) is 30.3 Å². The van der Waals surface area contributed by atoms with Crippen molar-refractivity contribution in [2.45, 2.75) is 38.8 Å². The Morgan fingerprint density at radius 3 is 2.24 bits per heavy atom. The number of hydrogen-bond acceptors (Lipinski definition) is 2. The third-order valence-electron chi connectivity index (χ3n) is 3.08. The van der Waals surface area contributed by atoms with E-state index in [2.05, 4.69) is 0 Å². The van der Waals surface area contributed by atoms with E-state index >= 15 is 0 Å². The molecular weight excluding hydrogens is 214 g/mol. The lowest BCUT2D eigenvalue weighted by atomic mass is 9.99. The number of aliphatic carboxylic acids is 1. The van der Waals surface area contributed by atoms with Gasteiger partial charge in [-0.3, -0.25) is 9.69 Å². The van der Waals surface area contributed by atoms with Crippen LogP contribution in [0.3, 0.4) is 0 Å². The highest BCUT2D eigenvalue weighted by Gasteiger charge is 2.30. The average molecular weight is 235 g/mol. The first kappa shape index (κ1) is 13.7. The van der Waals surface area contributed by atoms with Crippen LogP contribution in [0.5, 0.6) is 0 Å². The fourth-order valence-corrected chi connectivity index (χ4v) is 1.69. The quantitative estimate of drug-likeness (QED) is 0.871. The Hall–Kier alpha value is -1.35. The Labute approximate surface area is 103 Å². The van der Waals surface area contributed by atoms with Crippen molar-refractivity contribution >= 4 is 5.97 Å². The molecule has 0 spiro atoms. The number of carboxylic acid groups (broad SMARTS) is 1. The van der Waals surface area contributed by atoms with E-state index in [9.17, 15) is 9.90 Å². The van der Waals surface area contributed by atoms with Gasteiger partial charge in [-0.1, -0.05) is 30.3 Å². The normalized spacial score (nSPS) is 13.7. The van der Waals surface area contributed by atoms with Gasteiger partial charge in [-0.25, -0.2) is 0 Å². The lowest BCUT2D eigenvalue weighted by molar-refractivity contribution is -0.144. The summed E-state index contributed by atoms with van der Waals surface area (Å²) in [5.41, 5.74) is 0.897. The van der Waals surface area contributed by atoms with E-state index in [1.165, 1.54) is 0 Å². The highest BCUT2D eigenvalue weighted by Crippen LogP contribution is 2.17. The maximum absolute atomic E-state index is 11.4.